The zero-order valence-corrected chi connectivity index (χ0v) is 17.4. The zero-order valence-electron chi connectivity index (χ0n) is 15.1. The number of amides is 1. The molecule has 0 aliphatic heterocycles. The Morgan fingerprint density at radius 3 is 2.31 bits per heavy atom. The van der Waals surface area contributed by atoms with Crippen LogP contribution in [0.25, 0.3) is 0 Å². The molecule has 0 atom stereocenters. The van der Waals surface area contributed by atoms with Crippen LogP contribution >= 0.6 is 23.2 Å². The average molecular weight is 450 g/mol. The molecule has 0 saturated carbocycles. The van der Waals surface area contributed by atoms with Crippen LogP contribution in [-0.4, -0.2) is 25.9 Å². The molecule has 6 nitrogen and oxygen atoms in total. The summed E-state index contributed by atoms with van der Waals surface area (Å²) in [4.78, 5) is 16.0. The predicted octanol–water partition coefficient (Wildman–Crippen LogP) is 3.95. The smallest absolute Gasteiger partial charge is 0.239 e. The highest BCUT2D eigenvalue weighted by Crippen LogP contribution is 2.37. The van der Waals surface area contributed by atoms with Gasteiger partial charge in [-0.2, -0.15) is 0 Å². The number of anilines is 1. The van der Waals surface area contributed by atoms with Crippen LogP contribution in [0, 0.1) is 0 Å². The molecule has 2 aromatic carbocycles. The first-order valence-corrected chi connectivity index (χ1v) is 10.8. The number of benzene rings is 2. The highest BCUT2D eigenvalue weighted by molar-refractivity contribution is 7.91. The molecular formula is C20H17Cl2N3O3S. The number of pyridine rings is 1. The van der Waals surface area contributed by atoms with E-state index in [0.29, 0.717) is 12.2 Å². The van der Waals surface area contributed by atoms with Crippen molar-refractivity contribution in [2.75, 3.05) is 11.9 Å². The van der Waals surface area contributed by atoms with Crippen molar-refractivity contribution >= 4 is 44.6 Å². The largest absolute Gasteiger partial charge is 0.375 e. The molecule has 3 rings (SSSR count). The summed E-state index contributed by atoms with van der Waals surface area (Å²) in [7, 11) is -3.81. The van der Waals surface area contributed by atoms with Crippen LogP contribution in [0.5, 0.6) is 0 Å². The lowest BCUT2D eigenvalue weighted by atomic mass is 10.2. The zero-order chi connectivity index (χ0) is 20.9. The van der Waals surface area contributed by atoms with Gasteiger partial charge in [-0.3, -0.25) is 9.78 Å². The van der Waals surface area contributed by atoms with Gasteiger partial charge in [-0.15, -0.1) is 0 Å². The van der Waals surface area contributed by atoms with Gasteiger partial charge >= 0.3 is 0 Å². The number of nitrogens with one attached hydrogen (secondary N) is 2. The second-order valence-electron chi connectivity index (χ2n) is 6.04. The number of carbonyl (C=O) groups excluding carboxylic acids is 1. The van der Waals surface area contributed by atoms with Crippen LogP contribution in [0.2, 0.25) is 10.0 Å². The van der Waals surface area contributed by atoms with Crippen LogP contribution in [0.15, 0.2) is 76.8 Å². The van der Waals surface area contributed by atoms with Gasteiger partial charge in [0.05, 0.1) is 32.1 Å². The Labute approximate surface area is 178 Å². The first-order chi connectivity index (χ1) is 13.9. The Hall–Kier alpha value is -2.61. The van der Waals surface area contributed by atoms with Gasteiger partial charge in [-0.25, -0.2) is 8.42 Å². The first kappa shape index (κ1) is 21.1. The summed E-state index contributed by atoms with van der Waals surface area (Å²) in [6, 6.07) is 14.4. The van der Waals surface area contributed by atoms with Crippen molar-refractivity contribution in [3.05, 3.63) is 82.6 Å². The molecule has 0 unspecified atom stereocenters. The number of hydrogen-bond donors (Lipinski definition) is 2. The molecule has 0 fully saturated rings. The summed E-state index contributed by atoms with van der Waals surface area (Å²) in [6.07, 6.45) is 3.29. The molecule has 2 N–H and O–H groups in total. The summed E-state index contributed by atoms with van der Waals surface area (Å²) in [5, 5.41) is 5.57. The maximum Gasteiger partial charge on any atom is 0.239 e. The van der Waals surface area contributed by atoms with Crippen LogP contribution in [0.3, 0.4) is 0 Å². The molecule has 0 saturated heterocycles. The molecule has 1 heterocycles. The van der Waals surface area contributed by atoms with Gasteiger partial charge in [-0.1, -0.05) is 41.4 Å². The lowest BCUT2D eigenvalue weighted by Gasteiger charge is -2.13. The topological polar surface area (TPSA) is 88.2 Å². The number of hydrogen-bond acceptors (Lipinski definition) is 5. The summed E-state index contributed by atoms with van der Waals surface area (Å²) in [6.45, 7) is 0.317. The number of rotatable bonds is 7. The third-order valence-electron chi connectivity index (χ3n) is 4.07. The average Bonchev–Trinajstić information content (AvgIpc) is 2.74. The molecule has 0 spiro atoms. The second kappa shape index (κ2) is 9.26. The molecule has 0 aliphatic rings. The van der Waals surface area contributed by atoms with Gasteiger partial charge in [0.25, 0.3) is 0 Å². The molecule has 1 aromatic heterocycles. The third-order valence-corrected chi connectivity index (χ3v) is 6.87. The van der Waals surface area contributed by atoms with E-state index >= 15 is 0 Å². The van der Waals surface area contributed by atoms with E-state index in [9.17, 15) is 13.2 Å². The van der Waals surface area contributed by atoms with Gasteiger partial charge < -0.3 is 10.6 Å². The quantitative estimate of drug-likeness (QED) is 0.569. The fourth-order valence-electron chi connectivity index (χ4n) is 2.54. The van der Waals surface area contributed by atoms with Gasteiger partial charge in [-0.05, 0) is 42.0 Å². The van der Waals surface area contributed by atoms with E-state index in [1.165, 1.54) is 24.3 Å². The van der Waals surface area contributed by atoms with Crippen molar-refractivity contribution in [3.63, 3.8) is 0 Å². The van der Waals surface area contributed by atoms with Gasteiger partial charge in [0.15, 0.2) is 0 Å². The number of carbonyl (C=O) groups is 1. The normalized spacial score (nSPS) is 11.1. The molecule has 3 aromatic rings. The minimum atomic E-state index is -3.81. The number of sulfone groups is 1. The molecular weight excluding hydrogens is 433 g/mol. The van der Waals surface area contributed by atoms with Crippen molar-refractivity contribution < 1.29 is 13.2 Å². The van der Waals surface area contributed by atoms with E-state index in [1.807, 2.05) is 0 Å². The standard InChI is InChI=1S/C20H17Cl2N3O3S/c21-19-16(24-13-18(26)25-12-14-8-10-23-11-9-14)6-7-17(20(19)22)29(27,28)15-4-2-1-3-5-15/h1-11,24H,12-13H2,(H,25,26). The fraction of sp³-hybridized carbons (Fsp3) is 0.100. The van der Waals surface area contributed by atoms with Crippen molar-refractivity contribution in [2.45, 2.75) is 16.3 Å². The fourth-order valence-corrected chi connectivity index (χ4v) is 4.65. The molecule has 9 heteroatoms. The Kier molecular flexibility index (Phi) is 6.74. The SMILES string of the molecule is O=C(CNc1ccc(S(=O)(=O)c2ccccc2)c(Cl)c1Cl)NCc1ccncc1. The maximum absolute atomic E-state index is 12.8. The Balaban J connectivity index is 1.69. The number of halogens is 2. The molecule has 29 heavy (non-hydrogen) atoms. The monoisotopic (exact) mass is 449 g/mol. The summed E-state index contributed by atoms with van der Waals surface area (Å²) in [5.74, 6) is -0.255. The Morgan fingerprint density at radius 1 is 0.931 bits per heavy atom. The van der Waals surface area contributed by atoms with Crippen LogP contribution in [0.1, 0.15) is 5.56 Å². The molecule has 150 valence electrons. The number of nitrogens with zero attached hydrogens (tertiary/aromatic N) is 1. The second-order valence-corrected chi connectivity index (χ2v) is 8.72. The van der Waals surface area contributed by atoms with E-state index in [2.05, 4.69) is 15.6 Å². The van der Waals surface area contributed by atoms with Gasteiger partial charge in [0.1, 0.15) is 0 Å². The predicted molar refractivity (Wildman–Crippen MR) is 113 cm³/mol. The van der Waals surface area contributed by atoms with Crippen molar-refractivity contribution in [1.29, 1.82) is 0 Å². The van der Waals surface area contributed by atoms with E-state index in [0.717, 1.165) is 5.56 Å². The highest BCUT2D eigenvalue weighted by Gasteiger charge is 2.23. The maximum atomic E-state index is 12.8. The van der Waals surface area contributed by atoms with E-state index in [4.69, 9.17) is 23.2 Å². The summed E-state index contributed by atoms with van der Waals surface area (Å²) >= 11 is 12.5. The third kappa shape index (κ3) is 5.06. The Bertz CT molecular complexity index is 1110. The van der Waals surface area contributed by atoms with Crippen LogP contribution < -0.4 is 10.6 Å². The van der Waals surface area contributed by atoms with E-state index < -0.39 is 9.84 Å². The van der Waals surface area contributed by atoms with Crippen molar-refractivity contribution in [2.24, 2.45) is 0 Å². The minimum Gasteiger partial charge on any atom is -0.375 e. The molecule has 0 bridgehead atoms. The minimum absolute atomic E-state index is 0.0330. The van der Waals surface area contributed by atoms with Crippen molar-refractivity contribution in [1.82, 2.24) is 10.3 Å². The summed E-state index contributed by atoms with van der Waals surface area (Å²) < 4.78 is 25.5. The molecule has 1 amide bonds. The number of aromatic nitrogens is 1. The van der Waals surface area contributed by atoms with E-state index in [1.54, 1.807) is 42.7 Å². The molecule has 0 radical (unpaired) electrons. The molecule has 0 aliphatic carbocycles. The summed E-state index contributed by atoms with van der Waals surface area (Å²) in [5.41, 5.74) is 1.28. The van der Waals surface area contributed by atoms with Gasteiger partial charge in [0.2, 0.25) is 15.7 Å². The van der Waals surface area contributed by atoms with E-state index in [-0.39, 0.29) is 32.3 Å². The first-order valence-electron chi connectivity index (χ1n) is 8.57. The lowest BCUT2D eigenvalue weighted by Crippen LogP contribution is -2.29. The van der Waals surface area contributed by atoms with Gasteiger partial charge in [0, 0.05) is 18.9 Å². The lowest BCUT2D eigenvalue weighted by molar-refractivity contribution is -0.119. The van der Waals surface area contributed by atoms with Crippen LogP contribution in [0.4, 0.5) is 5.69 Å². The van der Waals surface area contributed by atoms with Crippen molar-refractivity contribution in [3.8, 4) is 0 Å². The van der Waals surface area contributed by atoms with Crippen LogP contribution in [-0.2, 0) is 21.2 Å². The Morgan fingerprint density at radius 2 is 1.62 bits per heavy atom. The highest BCUT2D eigenvalue weighted by atomic mass is 35.5.